The molecule has 0 amide bonds. The van der Waals surface area contributed by atoms with E-state index in [0.717, 1.165) is 12.0 Å². The third kappa shape index (κ3) is 4.62. The Morgan fingerprint density at radius 3 is 2.35 bits per heavy atom. The Morgan fingerprint density at radius 1 is 1.13 bits per heavy atom. The molecule has 0 radical (unpaired) electrons. The Labute approximate surface area is 142 Å². The minimum absolute atomic E-state index is 0.201. The van der Waals surface area contributed by atoms with Crippen molar-refractivity contribution in [2.75, 3.05) is 11.8 Å². The lowest BCUT2D eigenvalue weighted by Gasteiger charge is -2.13. The monoisotopic (exact) mass is 353 g/mol. The van der Waals surface area contributed by atoms with Gasteiger partial charge in [-0.25, -0.2) is 8.42 Å². The number of sulfonamides is 1. The molecule has 0 atom stereocenters. The Hall–Kier alpha value is -1.72. The van der Waals surface area contributed by atoms with Crippen LogP contribution in [0.25, 0.3) is 0 Å². The van der Waals surface area contributed by atoms with Crippen molar-refractivity contribution in [1.29, 1.82) is 0 Å². The highest BCUT2D eigenvalue weighted by Gasteiger charge is 2.17. The van der Waals surface area contributed by atoms with E-state index < -0.39 is 10.0 Å². The Kier molecular flexibility index (Phi) is 5.55. The summed E-state index contributed by atoms with van der Waals surface area (Å²) in [4.78, 5) is 0.201. The molecule has 0 aliphatic carbocycles. The average molecular weight is 354 g/mol. The van der Waals surface area contributed by atoms with Gasteiger partial charge in [0.15, 0.2) is 0 Å². The average Bonchev–Trinajstić information content (AvgIpc) is 2.47. The summed E-state index contributed by atoms with van der Waals surface area (Å²) in [5.41, 5.74) is 1.42. The molecule has 2 aromatic rings. The molecule has 0 heterocycles. The van der Waals surface area contributed by atoms with E-state index in [9.17, 15) is 8.42 Å². The van der Waals surface area contributed by atoms with Crippen molar-refractivity contribution in [2.45, 2.75) is 25.2 Å². The third-order valence-corrected chi connectivity index (χ3v) is 4.90. The van der Waals surface area contributed by atoms with E-state index in [-0.39, 0.29) is 4.90 Å². The maximum atomic E-state index is 12.5. The molecule has 0 aromatic heterocycles. The normalized spacial score (nSPS) is 11.5. The van der Waals surface area contributed by atoms with E-state index in [1.165, 1.54) is 13.2 Å². The van der Waals surface area contributed by atoms with Crippen LogP contribution in [0.1, 0.15) is 19.4 Å². The summed E-state index contributed by atoms with van der Waals surface area (Å²) in [6.07, 6.45) is 0.913. The minimum Gasteiger partial charge on any atom is -0.495 e. The Balaban J connectivity index is 2.27. The Bertz CT molecular complexity index is 771. The number of benzene rings is 2. The van der Waals surface area contributed by atoms with Crippen molar-refractivity contribution in [1.82, 2.24) is 0 Å². The number of nitrogens with one attached hydrogen (secondary N) is 1. The first-order chi connectivity index (χ1) is 10.8. The lowest BCUT2D eigenvalue weighted by molar-refractivity contribution is 0.417. The molecule has 0 aliphatic rings. The molecule has 0 unspecified atom stereocenters. The van der Waals surface area contributed by atoms with Gasteiger partial charge in [-0.05, 0) is 48.2 Å². The molecule has 0 aliphatic heterocycles. The molecule has 4 nitrogen and oxygen atoms in total. The molecule has 2 aromatic carbocycles. The summed E-state index contributed by atoms with van der Waals surface area (Å²) in [7, 11) is -2.22. The van der Waals surface area contributed by atoms with Crippen LogP contribution in [0.5, 0.6) is 5.75 Å². The highest BCUT2D eigenvalue weighted by molar-refractivity contribution is 7.92. The molecule has 0 saturated heterocycles. The molecule has 124 valence electrons. The standard InChI is InChI=1S/C17H20ClNO3S/c1-12(2)10-13-4-7-15(8-5-13)23(20,21)19-16-11-14(18)6-9-17(16)22-3/h4-9,11-12,19H,10H2,1-3H3. The van der Waals surface area contributed by atoms with Gasteiger partial charge in [-0.2, -0.15) is 0 Å². The van der Waals surface area contributed by atoms with Crippen LogP contribution in [0.15, 0.2) is 47.4 Å². The first-order valence-electron chi connectivity index (χ1n) is 7.27. The molecule has 6 heteroatoms. The van der Waals surface area contributed by atoms with Crippen LogP contribution in [-0.2, 0) is 16.4 Å². The van der Waals surface area contributed by atoms with E-state index in [2.05, 4.69) is 18.6 Å². The third-order valence-electron chi connectivity index (χ3n) is 3.28. The lowest BCUT2D eigenvalue weighted by atomic mass is 10.0. The number of halogens is 1. The molecule has 0 spiro atoms. The first-order valence-corrected chi connectivity index (χ1v) is 9.13. The van der Waals surface area contributed by atoms with Crippen molar-refractivity contribution < 1.29 is 13.2 Å². The highest BCUT2D eigenvalue weighted by Crippen LogP contribution is 2.29. The fourth-order valence-electron chi connectivity index (χ4n) is 2.24. The van der Waals surface area contributed by atoms with Crippen LogP contribution >= 0.6 is 11.6 Å². The molecular weight excluding hydrogens is 334 g/mol. The molecule has 1 N–H and O–H groups in total. The second-order valence-electron chi connectivity index (χ2n) is 5.69. The van der Waals surface area contributed by atoms with E-state index in [0.29, 0.717) is 22.4 Å². The SMILES string of the molecule is COc1ccc(Cl)cc1NS(=O)(=O)c1ccc(CC(C)C)cc1. The van der Waals surface area contributed by atoms with Gasteiger partial charge in [-0.3, -0.25) is 4.72 Å². The van der Waals surface area contributed by atoms with Gasteiger partial charge < -0.3 is 4.74 Å². The van der Waals surface area contributed by atoms with Crippen molar-refractivity contribution in [3.05, 3.63) is 53.1 Å². The molecule has 23 heavy (non-hydrogen) atoms. The van der Waals surface area contributed by atoms with Crippen LogP contribution in [0.2, 0.25) is 5.02 Å². The molecule has 0 saturated carbocycles. The number of methoxy groups -OCH3 is 1. The van der Waals surface area contributed by atoms with Gasteiger partial charge in [0.2, 0.25) is 0 Å². The van der Waals surface area contributed by atoms with Crippen molar-refractivity contribution >= 4 is 27.3 Å². The van der Waals surface area contributed by atoms with Crippen LogP contribution in [-0.4, -0.2) is 15.5 Å². The predicted octanol–water partition coefficient (Wildman–Crippen LogP) is 4.35. The molecule has 2 rings (SSSR count). The van der Waals surface area contributed by atoms with Crippen LogP contribution < -0.4 is 9.46 Å². The second kappa shape index (κ2) is 7.23. The lowest BCUT2D eigenvalue weighted by Crippen LogP contribution is -2.13. The van der Waals surface area contributed by atoms with Gasteiger partial charge >= 0.3 is 0 Å². The summed E-state index contributed by atoms with van der Waals surface area (Å²) < 4.78 is 32.7. The van der Waals surface area contributed by atoms with Crippen LogP contribution in [0, 0.1) is 5.92 Å². The largest absolute Gasteiger partial charge is 0.495 e. The fourth-order valence-corrected chi connectivity index (χ4v) is 3.47. The molecular formula is C17H20ClNO3S. The zero-order valence-corrected chi connectivity index (χ0v) is 14.9. The van der Waals surface area contributed by atoms with E-state index in [1.807, 2.05) is 12.1 Å². The van der Waals surface area contributed by atoms with Crippen LogP contribution in [0.3, 0.4) is 0 Å². The van der Waals surface area contributed by atoms with E-state index >= 15 is 0 Å². The summed E-state index contributed by atoms with van der Waals surface area (Å²) >= 11 is 5.93. The van der Waals surface area contributed by atoms with Crippen molar-refractivity contribution in [3.63, 3.8) is 0 Å². The van der Waals surface area contributed by atoms with Crippen molar-refractivity contribution in [2.24, 2.45) is 5.92 Å². The second-order valence-corrected chi connectivity index (χ2v) is 7.81. The van der Waals surface area contributed by atoms with E-state index in [4.69, 9.17) is 16.3 Å². The predicted molar refractivity (Wildman–Crippen MR) is 93.8 cm³/mol. The number of rotatable bonds is 6. The topological polar surface area (TPSA) is 55.4 Å². The molecule has 0 bridgehead atoms. The zero-order chi connectivity index (χ0) is 17.0. The summed E-state index contributed by atoms with van der Waals surface area (Å²) in [5, 5.41) is 0.427. The number of ether oxygens (including phenoxy) is 1. The van der Waals surface area contributed by atoms with Crippen molar-refractivity contribution in [3.8, 4) is 5.75 Å². The number of hydrogen-bond donors (Lipinski definition) is 1. The van der Waals surface area contributed by atoms with Gasteiger partial charge in [-0.1, -0.05) is 37.6 Å². The van der Waals surface area contributed by atoms with Gasteiger partial charge in [0.25, 0.3) is 10.0 Å². The fraction of sp³-hybridized carbons (Fsp3) is 0.294. The summed E-state index contributed by atoms with van der Waals surface area (Å²) in [6, 6.07) is 11.7. The quantitative estimate of drug-likeness (QED) is 0.840. The number of hydrogen-bond acceptors (Lipinski definition) is 3. The van der Waals surface area contributed by atoms with Gasteiger partial charge in [0.1, 0.15) is 5.75 Å². The maximum Gasteiger partial charge on any atom is 0.262 e. The first kappa shape index (κ1) is 17.6. The Morgan fingerprint density at radius 2 is 1.78 bits per heavy atom. The summed E-state index contributed by atoms with van der Waals surface area (Å²) in [6.45, 7) is 4.25. The van der Waals surface area contributed by atoms with Gasteiger partial charge in [0, 0.05) is 5.02 Å². The van der Waals surface area contributed by atoms with Gasteiger partial charge in [-0.15, -0.1) is 0 Å². The zero-order valence-electron chi connectivity index (χ0n) is 13.3. The summed E-state index contributed by atoms with van der Waals surface area (Å²) in [5.74, 6) is 0.931. The number of anilines is 1. The molecule has 0 fully saturated rings. The smallest absolute Gasteiger partial charge is 0.262 e. The maximum absolute atomic E-state index is 12.5. The van der Waals surface area contributed by atoms with Crippen LogP contribution in [0.4, 0.5) is 5.69 Å². The van der Waals surface area contributed by atoms with E-state index in [1.54, 1.807) is 24.3 Å². The minimum atomic E-state index is -3.70. The highest BCUT2D eigenvalue weighted by atomic mass is 35.5. The van der Waals surface area contributed by atoms with Gasteiger partial charge in [0.05, 0.1) is 17.7 Å².